The smallest absolute Gasteiger partial charge is 0.229 e. The first-order valence-electron chi connectivity index (χ1n) is 5.73. The molecule has 0 fully saturated rings. The summed E-state index contributed by atoms with van der Waals surface area (Å²) in [4.78, 5) is 12.2. The molecule has 0 amide bonds. The molecule has 2 aromatic rings. The van der Waals surface area contributed by atoms with Gasteiger partial charge in [0, 0.05) is 16.8 Å². The second-order valence-corrected chi connectivity index (χ2v) is 6.04. The number of anilines is 1. The van der Waals surface area contributed by atoms with Gasteiger partial charge in [0.25, 0.3) is 0 Å². The van der Waals surface area contributed by atoms with Crippen molar-refractivity contribution >= 4 is 21.5 Å². The fourth-order valence-electron chi connectivity index (χ4n) is 1.71. The Labute approximate surface area is 116 Å². The zero-order valence-corrected chi connectivity index (χ0v) is 11.4. The molecule has 1 N–H and O–H groups in total. The van der Waals surface area contributed by atoms with Gasteiger partial charge in [0.15, 0.2) is 5.78 Å². The molecular weight excluding hydrogens is 281 g/mol. The first kappa shape index (κ1) is 14.2. The maximum Gasteiger partial charge on any atom is 0.229 e. The lowest BCUT2D eigenvalue weighted by atomic mass is 10.0. The molecule has 104 valence electrons. The van der Waals surface area contributed by atoms with Crippen molar-refractivity contribution in [2.75, 3.05) is 11.0 Å². The van der Waals surface area contributed by atoms with Crippen molar-refractivity contribution in [3.05, 3.63) is 65.5 Å². The second kappa shape index (κ2) is 5.42. The standard InChI is InChI=1S/C14H12FNO3S/c1-20(18,19)16-13-4-2-3-11(9-13)14(17)10-5-7-12(15)8-6-10/h2-9,16H,1H3. The van der Waals surface area contributed by atoms with Crippen LogP contribution in [0, 0.1) is 5.82 Å². The molecule has 0 aliphatic carbocycles. The number of rotatable bonds is 4. The van der Waals surface area contributed by atoms with Crippen LogP contribution in [-0.2, 0) is 10.0 Å². The van der Waals surface area contributed by atoms with Gasteiger partial charge in [-0.05, 0) is 36.4 Å². The van der Waals surface area contributed by atoms with E-state index in [-0.39, 0.29) is 5.78 Å². The van der Waals surface area contributed by atoms with Gasteiger partial charge in [-0.3, -0.25) is 9.52 Å². The molecule has 0 aliphatic rings. The van der Waals surface area contributed by atoms with E-state index in [1.54, 1.807) is 18.2 Å². The lowest BCUT2D eigenvalue weighted by molar-refractivity contribution is 0.103. The Morgan fingerprint density at radius 1 is 1.05 bits per heavy atom. The van der Waals surface area contributed by atoms with Crippen molar-refractivity contribution in [3.8, 4) is 0 Å². The van der Waals surface area contributed by atoms with Gasteiger partial charge in [0.1, 0.15) is 5.82 Å². The molecule has 0 aromatic heterocycles. The number of ketones is 1. The van der Waals surface area contributed by atoms with Crippen LogP contribution in [0.3, 0.4) is 0 Å². The van der Waals surface area contributed by atoms with Crippen molar-refractivity contribution in [2.45, 2.75) is 0 Å². The third kappa shape index (κ3) is 3.64. The van der Waals surface area contributed by atoms with Crippen LogP contribution in [0.15, 0.2) is 48.5 Å². The van der Waals surface area contributed by atoms with Crippen molar-refractivity contribution in [1.82, 2.24) is 0 Å². The van der Waals surface area contributed by atoms with E-state index in [1.807, 2.05) is 0 Å². The molecule has 0 unspecified atom stereocenters. The Kier molecular flexibility index (Phi) is 3.85. The largest absolute Gasteiger partial charge is 0.289 e. The molecule has 0 aliphatic heterocycles. The van der Waals surface area contributed by atoms with Crippen molar-refractivity contribution in [2.24, 2.45) is 0 Å². The third-order valence-corrected chi connectivity index (χ3v) is 3.14. The topological polar surface area (TPSA) is 63.2 Å². The summed E-state index contributed by atoms with van der Waals surface area (Å²) in [7, 11) is -3.40. The lowest BCUT2D eigenvalue weighted by Crippen LogP contribution is -2.10. The van der Waals surface area contributed by atoms with Crippen LogP contribution in [0.25, 0.3) is 0 Å². The van der Waals surface area contributed by atoms with E-state index in [1.165, 1.54) is 30.3 Å². The van der Waals surface area contributed by atoms with Crippen molar-refractivity contribution in [3.63, 3.8) is 0 Å². The average Bonchev–Trinajstić information content (AvgIpc) is 2.37. The van der Waals surface area contributed by atoms with Crippen LogP contribution < -0.4 is 4.72 Å². The van der Waals surface area contributed by atoms with Gasteiger partial charge < -0.3 is 0 Å². The first-order chi connectivity index (χ1) is 9.35. The van der Waals surface area contributed by atoms with E-state index >= 15 is 0 Å². The molecule has 2 aromatic carbocycles. The summed E-state index contributed by atoms with van der Waals surface area (Å²) in [5.74, 6) is -0.726. The Bertz CT molecular complexity index is 739. The molecular formula is C14H12FNO3S. The molecule has 6 heteroatoms. The highest BCUT2D eigenvalue weighted by Gasteiger charge is 2.10. The van der Waals surface area contributed by atoms with Gasteiger partial charge in [0.2, 0.25) is 10.0 Å². The summed E-state index contributed by atoms with van der Waals surface area (Å²) < 4.78 is 37.4. The minimum absolute atomic E-state index is 0.304. The number of benzene rings is 2. The summed E-state index contributed by atoms with van der Waals surface area (Å²) in [5.41, 5.74) is 0.966. The molecule has 0 heterocycles. The fraction of sp³-hybridized carbons (Fsp3) is 0.0714. The molecule has 0 atom stereocenters. The van der Waals surface area contributed by atoms with Gasteiger partial charge in [-0.1, -0.05) is 12.1 Å². The maximum absolute atomic E-state index is 12.8. The Balaban J connectivity index is 2.31. The van der Waals surface area contributed by atoms with E-state index in [2.05, 4.69) is 4.72 Å². The van der Waals surface area contributed by atoms with Crippen LogP contribution in [0.2, 0.25) is 0 Å². The normalized spacial score (nSPS) is 11.1. The van der Waals surface area contributed by atoms with Crippen LogP contribution >= 0.6 is 0 Å². The summed E-state index contributed by atoms with van der Waals surface area (Å²) >= 11 is 0. The molecule has 0 saturated heterocycles. The Morgan fingerprint density at radius 3 is 2.30 bits per heavy atom. The Morgan fingerprint density at radius 2 is 1.70 bits per heavy atom. The average molecular weight is 293 g/mol. The SMILES string of the molecule is CS(=O)(=O)Nc1cccc(C(=O)c2ccc(F)cc2)c1. The quantitative estimate of drug-likeness (QED) is 0.881. The highest BCUT2D eigenvalue weighted by molar-refractivity contribution is 7.92. The highest BCUT2D eigenvalue weighted by atomic mass is 32.2. The zero-order valence-electron chi connectivity index (χ0n) is 10.6. The summed E-state index contributed by atoms with van der Waals surface area (Å²) in [5, 5.41) is 0. The summed E-state index contributed by atoms with van der Waals surface area (Å²) in [6.45, 7) is 0. The molecule has 20 heavy (non-hydrogen) atoms. The zero-order chi connectivity index (χ0) is 14.8. The van der Waals surface area contributed by atoms with Crippen LogP contribution in [-0.4, -0.2) is 20.5 Å². The first-order valence-corrected chi connectivity index (χ1v) is 7.62. The third-order valence-electron chi connectivity index (χ3n) is 2.53. The number of hydrogen-bond acceptors (Lipinski definition) is 3. The highest BCUT2D eigenvalue weighted by Crippen LogP contribution is 2.16. The molecule has 0 bridgehead atoms. The summed E-state index contributed by atoms with van der Waals surface area (Å²) in [6, 6.07) is 11.3. The van der Waals surface area contributed by atoms with Crippen molar-refractivity contribution in [1.29, 1.82) is 0 Å². The number of nitrogens with one attached hydrogen (secondary N) is 1. The number of carbonyl (C=O) groups is 1. The maximum atomic E-state index is 12.8. The predicted molar refractivity (Wildman–Crippen MR) is 74.7 cm³/mol. The van der Waals surface area contributed by atoms with Gasteiger partial charge in [-0.2, -0.15) is 0 Å². The Hall–Kier alpha value is -2.21. The molecule has 0 radical (unpaired) electrons. The van der Waals surface area contributed by atoms with E-state index < -0.39 is 15.8 Å². The van der Waals surface area contributed by atoms with Gasteiger partial charge in [0.05, 0.1) is 6.26 Å². The van der Waals surface area contributed by atoms with E-state index in [0.717, 1.165) is 6.26 Å². The molecule has 4 nitrogen and oxygen atoms in total. The number of carbonyl (C=O) groups excluding carboxylic acids is 1. The molecule has 2 rings (SSSR count). The van der Waals surface area contributed by atoms with Crippen molar-refractivity contribution < 1.29 is 17.6 Å². The minimum atomic E-state index is -3.40. The fourth-order valence-corrected chi connectivity index (χ4v) is 2.26. The monoisotopic (exact) mass is 293 g/mol. The number of sulfonamides is 1. The number of hydrogen-bond donors (Lipinski definition) is 1. The van der Waals surface area contributed by atoms with Gasteiger partial charge in [-0.25, -0.2) is 12.8 Å². The van der Waals surface area contributed by atoms with E-state index in [0.29, 0.717) is 16.8 Å². The molecule has 0 spiro atoms. The predicted octanol–water partition coefficient (Wildman–Crippen LogP) is 2.43. The molecule has 0 saturated carbocycles. The van der Waals surface area contributed by atoms with E-state index in [9.17, 15) is 17.6 Å². The lowest BCUT2D eigenvalue weighted by Gasteiger charge is -2.06. The second-order valence-electron chi connectivity index (χ2n) is 4.29. The van der Waals surface area contributed by atoms with Gasteiger partial charge in [-0.15, -0.1) is 0 Å². The van der Waals surface area contributed by atoms with E-state index in [4.69, 9.17) is 0 Å². The summed E-state index contributed by atoms with van der Waals surface area (Å²) in [6.07, 6.45) is 1.03. The van der Waals surface area contributed by atoms with Crippen LogP contribution in [0.4, 0.5) is 10.1 Å². The van der Waals surface area contributed by atoms with Gasteiger partial charge >= 0.3 is 0 Å². The minimum Gasteiger partial charge on any atom is -0.289 e. The van der Waals surface area contributed by atoms with Crippen LogP contribution in [0.1, 0.15) is 15.9 Å². The van der Waals surface area contributed by atoms with Crippen LogP contribution in [0.5, 0.6) is 0 Å². The number of halogens is 1.